The minimum atomic E-state index is 0.693. The molecule has 1 unspecified atom stereocenters. The first-order chi connectivity index (χ1) is 5.22. The Kier molecular flexibility index (Phi) is 6.57. The Morgan fingerprint density at radius 3 is 2.55 bits per heavy atom. The van der Waals surface area contributed by atoms with Crippen LogP contribution in [0.3, 0.4) is 0 Å². The zero-order valence-corrected chi connectivity index (χ0v) is 8.14. The Morgan fingerprint density at radius 2 is 2.09 bits per heavy atom. The predicted octanol–water partition coefficient (Wildman–Crippen LogP) is 1.46. The number of nitrogens with two attached hydrogens (primary N) is 1. The van der Waals surface area contributed by atoms with Gasteiger partial charge in [0, 0.05) is 19.1 Å². The topological polar surface area (TPSA) is 29.3 Å². The van der Waals surface area contributed by atoms with Crippen molar-refractivity contribution in [2.24, 2.45) is 5.73 Å². The number of hydrogen-bond acceptors (Lipinski definition) is 2. The van der Waals surface area contributed by atoms with Crippen LogP contribution in [-0.4, -0.2) is 31.1 Å². The molecule has 1 atom stereocenters. The van der Waals surface area contributed by atoms with E-state index < -0.39 is 0 Å². The fraction of sp³-hybridized carbons (Fsp3) is 1.00. The first-order valence-electron chi connectivity index (χ1n) is 4.62. The van der Waals surface area contributed by atoms with Gasteiger partial charge in [0.2, 0.25) is 0 Å². The number of rotatable bonds is 6. The van der Waals surface area contributed by atoms with Gasteiger partial charge in [-0.3, -0.25) is 0 Å². The van der Waals surface area contributed by atoms with E-state index in [0.717, 1.165) is 13.1 Å². The monoisotopic (exact) mass is 158 g/mol. The van der Waals surface area contributed by atoms with Gasteiger partial charge in [-0.15, -0.1) is 0 Å². The van der Waals surface area contributed by atoms with Crippen LogP contribution in [0.1, 0.15) is 33.1 Å². The molecule has 0 aromatic carbocycles. The molecule has 68 valence electrons. The lowest BCUT2D eigenvalue weighted by molar-refractivity contribution is 0.249. The molecule has 2 heteroatoms. The summed E-state index contributed by atoms with van der Waals surface area (Å²) in [6, 6.07) is 0.693. The fourth-order valence-corrected chi connectivity index (χ4v) is 1.14. The highest BCUT2D eigenvalue weighted by molar-refractivity contribution is 4.62. The molecule has 0 spiro atoms. The summed E-state index contributed by atoms with van der Waals surface area (Å²) >= 11 is 0. The van der Waals surface area contributed by atoms with Crippen molar-refractivity contribution in [3.05, 3.63) is 0 Å². The highest BCUT2D eigenvalue weighted by Crippen LogP contribution is 2.04. The van der Waals surface area contributed by atoms with Gasteiger partial charge in [0.1, 0.15) is 0 Å². The van der Waals surface area contributed by atoms with Crippen molar-refractivity contribution >= 4 is 0 Å². The quantitative estimate of drug-likeness (QED) is 0.634. The van der Waals surface area contributed by atoms with E-state index in [1.54, 1.807) is 0 Å². The normalized spacial score (nSPS) is 13.9. The average Bonchev–Trinajstić information content (AvgIpc) is 2.00. The lowest BCUT2D eigenvalue weighted by Crippen LogP contribution is -2.33. The van der Waals surface area contributed by atoms with E-state index in [1.165, 1.54) is 19.3 Å². The van der Waals surface area contributed by atoms with E-state index in [0.29, 0.717) is 6.04 Å². The summed E-state index contributed by atoms with van der Waals surface area (Å²) in [6.07, 6.45) is 3.92. The standard InChI is InChI=1S/C9H22N2/c1-4-5-6-9(2)11(3)8-7-10/h9H,4-8,10H2,1-3H3. The SMILES string of the molecule is CCCCC(C)N(C)CCN. The molecule has 0 aromatic rings. The Bertz CT molecular complexity index is 83.6. The Balaban J connectivity index is 3.38. The van der Waals surface area contributed by atoms with Crippen LogP contribution in [0.15, 0.2) is 0 Å². The second-order valence-corrected chi connectivity index (χ2v) is 3.26. The summed E-state index contributed by atoms with van der Waals surface area (Å²) in [7, 11) is 2.15. The molecule has 0 aliphatic rings. The first-order valence-corrected chi connectivity index (χ1v) is 4.62. The molecule has 0 amide bonds. The molecule has 0 saturated heterocycles. The van der Waals surface area contributed by atoms with Crippen molar-refractivity contribution in [1.82, 2.24) is 4.90 Å². The van der Waals surface area contributed by atoms with E-state index in [2.05, 4.69) is 25.8 Å². The molecule has 0 rings (SSSR count). The molecule has 2 N–H and O–H groups in total. The summed E-state index contributed by atoms with van der Waals surface area (Å²) in [6.45, 7) is 6.29. The van der Waals surface area contributed by atoms with Crippen LogP contribution in [0.2, 0.25) is 0 Å². The van der Waals surface area contributed by atoms with Crippen LogP contribution in [0.4, 0.5) is 0 Å². The molecule has 0 heterocycles. The largest absolute Gasteiger partial charge is 0.329 e. The van der Waals surface area contributed by atoms with Crippen molar-refractivity contribution in [2.75, 3.05) is 20.1 Å². The Labute approximate surface area is 70.8 Å². The molecule has 0 bridgehead atoms. The molecule has 0 radical (unpaired) electrons. The minimum Gasteiger partial charge on any atom is -0.329 e. The summed E-state index contributed by atoms with van der Waals surface area (Å²) in [5.74, 6) is 0. The highest BCUT2D eigenvalue weighted by atomic mass is 15.1. The molecular weight excluding hydrogens is 136 g/mol. The summed E-state index contributed by atoms with van der Waals surface area (Å²) in [4.78, 5) is 2.33. The highest BCUT2D eigenvalue weighted by Gasteiger charge is 2.05. The van der Waals surface area contributed by atoms with Crippen LogP contribution >= 0.6 is 0 Å². The molecule has 0 fully saturated rings. The second-order valence-electron chi connectivity index (χ2n) is 3.26. The van der Waals surface area contributed by atoms with Gasteiger partial charge in [0.15, 0.2) is 0 Å². The molecule has 0 aromatic heterocycles. The second kappa shape index (κ2) is 6.62. The van der Waals surface area contributed by atoms with Gasteiger partial charge >= 0.3 is 0 Å². The summed E-state index contributed by atoms with van der Waals surface area (Å²) < 4.78 is 0. The molecule has 0 saturated carbocycles. The Morgan fingerprint density at radius 1 is 1.45 bits per heavy atom. The maximum atomic E-state index is 5.45. The van der Waals surface area contributed by atoms with Crippen molar-refractivity contribution in [3.8, 4) is 0 Å². The molecule has 0 aliphatic heterocycles. The predicted molar refractivity (Wildman–Crippen MR) is 50.7 cm³/mol. The number of unbranched alkanes of at least 4 members (excludes halogenated alkanes) is 1. The van der Waals surface area contributed by atoms with Gasteiger partial charge < -0.3 is 10.6 Å². The van der Waals surface area contributed by atoms with Crippen molar-refractivity contribution in [1.29, 1.82) is 0 Å². The fourth-order valence-electron chi connectivity index (χ4n) is 1.14. The first kappa shape index (κ1) is 10.9. The number of hydrogen-bond donors (Lipinski definition) is 1. The van der Waals surface area contributed by atoms with Crippen molar-refractivity contribution in [2.45, 2.75) is 39.2 Å². The Hall–Kier alpha value is -0.0800. The maximum absolute atomic E-state index is 5.45. The van der Waals surface area contributed by atoms with Gasteiger partial charge in [0.25, 0.3) is 0 Å². The third-order valence-corrected chi connectivity index (χ3v) is 2.21. The van der Waals surface area contributed by atoms with Crippen LogP contribution in [0, 0.1) is 0 Å². The molecular formula is C9H22N2. The van der Waals surface area contributed by atoms with Crippen LogP contribution < -0.4 is 5.73 Å². The van der Waals surface area contributed by atoms with Crippen LogP contribution in [0.25, 0.3) is 0 Å². The van der Waals surface area contributed by atoms with Gasteiger partial charge in [-0.05, 0) is 20.4 Å². The van der Waals surface area contributed by atoms with E-state index >= 15 is 0 Å². The number of nitrogens with zero attached hydrogens (tertiary/aromatic N) is 1. The smallest absolute Gasteiger partial charge is 0.0104 e. The van der Waals surface area contributed by atoms with Gasteiger partial charge in [-0.2, -0.15) is 0 Å². The third kappa shape index (κ3) is 5.22. The summed E-state index contributed by atoms with van der Waals surface area (Å²) in [5, 5.41) is 0. The van der Waals surface area contributed by atoms with Crippen LogP contribution in [-0.2, 0) is 0 Å². The lowest BCUT2D eigenvalue weighted by atomic mass is 10.1. The average molecular weight is 158 g/mol. The van der Waals surface area contributed by atoms with E-state index in [9.17, 15) is 0 Å². The van der Waals surface area contributed by atoms with Gasteiger partial charge in [-0.25, -0.2) is 0 Å². The van der Waals surface area contributed by atoms with Gasteiger partial charge in [-0.1, -0.05) is 19.8 Å². The van der Waals surface area contributed by atoms with E-state index in [-0.39, 0.29) is 0 Å². The molecule has 11 heavy (non-hydrogen) atoms. The maximum Gasteiger partial charge on any atom is 0.0104 e. The van der Waals surface area contributed by atoms with E-state index in [1.807, 2.05) is 0 Å². The van der Waals surface area contributed by atoms with Crippen molar-refractivity contribution < 1.29 is 0 Å². The summed E-state index contributed by atoms with van der Waals surface area (Å²) in [5.41, 5.74) is 5.45. The van der Waals surface area contributed by atoms with Crippen molar-refractivity contribution in [3.63, 3.8) is 0 Å². The van der Waals surface area contributed by atoms with E-state index in [4.69, 9.17) is 5.73 Å². The lowest BCUT2D eigenvalue weighted by Gasteiger charge is -2.23. The minimum absolute atomic E-state index is 0.693. The van der Waals surface area contributed by atoms with Crippen LogP contribution in [0.5, 0.6) is 0 Å². The molecule has 2 nitrogen and oxygen atoms in total. The third-order valence-electron chi connectivity index (χ3n) is 2.21. The molecule has 0 aliphatic carbocycles. The zero-order chi connectivity index (χ0) is 8.69. The van der Waals surface area contributed by atoms with Gasteiger partial charge in [0.05, 0.1) is 0 Å². The number of likely N-dealkylation sites (N-methyl/N-ethyl adjacent to an activating group) is 1. The zero-order valence-electron chi connectivity index (χ0n) is 8.14.